The molecule has 18 heavy (non-hydrogen) atoms. The van der Waals surface area contributed by atoms with Crippen LogP contribution in [0.2, 0.25) is 0 Å². The molecule has 92 valence electrons. The highest BCUT2D eigenvalue weighted by Gasteiger charge is 2.41. The van der Waals surface area contributed by atoms with Gasteiger partial charge in [0.25, 0.3) is 5.90 Å². The number of oxime groups is 1. The molecule has 2 unspecified atom stereocenters. The maximum atomic E-state index is 11.5. The van der Waals surface area contributed by atoms with Gasteiger partial charge in [-0.2, -0.15) is 0 Å². The van der Waals surface area contributed by atoms with Crippen molar-refractivity contribution in [1.29, 1.82) is 0 Å². The fourth-order valence-electron chi connectivity index (χ4n) is 1.96. The first-order chi connectivity index (χ1) is 8.79. The Bertz CT molecular complexity index is 539. The Morgan fingerprint density at radius 2 is 2.11 bits per heavy atom. The van der Waals surface area contributed by atoms with E-state index in [4.69, 9.17) is 9.57 Å². The van der Waals surface area contributed by atoms with E-state index in [1.807, 2.05) is 30.3 Å². The number of rotatable bonds is 1. The number of nitrogens with one attached hydrogen (secondary N) is 1. The van der Waals surface area contributed by atoms with Crippen LogP contribution in [0.25, 0.3) is 0 Å². The summed E-state index contributed by atoms with van der Waals surface area (Å²) in [5.41, 5.74) is 1.61. The van der Waals surface area contributed by atoms with Gasteiger partial charge in [-0.1, -0.05) is 35.5 Å². The lowest BCUT2D eigenvalue weighted by Crippen LogP contribution is -2.51. The van der Waals surface area contributed by atoms with E-state index in [2.05, 4.69) is 15.5 Å². The van der Waals surface area contributed by atoms with Crippen molar-refractivity contribution in [2.75, 3.05) is 7.11 Å². The summed E-state index contributed by atoms with van der Waals surface area (Å²) in [5, 5.41) is 6.64. The topological polar surface area (TPSA) is 72.3 Å². The Morgan fingerprint density at radius 1 is 1.33 bits per heavy atom. The summed E-state index contributed by atoms with van der Waals surface area (Å²) in [6, 6.07) is 9.22. The molecule has 2 heterocycles. The molecule has 6 heteroatoms. The van der Waals surface area contributed by atoms with Crippen molar-refractivity contribution in [3.63, 3.8) is 0 Å². The molecule has 0 aromatic heterocycles. The Morgan fingerprint density at radius 3 is 2.83 bits per heavy atom. The number of carbonyl (C=O) groups is 1. The van der Waals surface area contributed by atoms with Gasteiger partial charge in [-0.25, -0.2) is 4.99 Å². The number of methoxy groups -OCH3 is 1. The number of aliphatic imine (C=N–C) groups is 1. The molecule has 0 bridgehead atoms. The molecular weight excluding hydrogens is 234 g/mol. The predicted octanol–water partition coefficient (Wildman–Crippen LogP) is 0.290. The molecular formula is C12H11N3O3. The van der Waals surface area contributed by atoms with Crippen molar-refractivity contribution in [2.45, 2.75) is 12.3 Å². The van der Waals surface area contributed by atoms with E-state index in [0.29, 0.717) is 5.71 Å². The van der Waals surface area contributed by atoms with E-state index in [1.165, 1.54) is 7.11 Å². The Labute approximate surface area is 103 Å². The molecule has 0 saturated heterocycles. The fourth-order valence-corrected chi connectivity index (χ4v) is 1.96. The van der Waals surface area contributed by atoms with Gasteiger partial charge in [0.15, 0.2) is 6.04 Å². The average Bonchev–Trinajstić information content (AvgIpc) is 2.81. The highest BCUT2D eigenvalue weighted by molar-refractivity contribution is 6.36. The van der Waals surface area contributed by atoms with Gasteiger partial charge in [0.1, 0.15) is 5.71 Å². The predicted molar refractivity (Wildman–Crippen MR) is 64.2 cm³/mol. The monoisotopic (exact) mass is 245 g/mol. The zero-order chi connectivity index (χ0) is 12.5. The van der Waals surface area contributed by atoms with Gasteiger partial charge < -0.3 is 14.9 Å². The van der Waals surface area contributed by atoms with E-state index < -0.39 is 6.23 Å². The SMILES string of the molecule is COC1=NC2C(c3ccccc3)=NOC2NC1=O. The van der Waals surface area contributed by atoms with Crippen molar-refractivity contribution in [3.05, 3.63) is 35.9 Å². The van der Waals surface area contributed by atoms with Gasteiger partial charge >= 0.3 is 5.91 Å². The van der Waals surface area contributed by atoms with Crippen LogP contribution in [0.15, 0.2) is 40.5 Å². The summed E-state index contributed by atoms with van der Waals surface area (Å²) in [6.45, 7) is 0. The number of hydrogen-bond donors (Lipinski definition) is 1. The summed E-state index contributed by atoms with van der Waals surface area (Å²) < 4.78 is 4.92. The van der Waals surface area contributed by atoms with Gasteiger partial charge in [-0.15, -0.1) is 0 Å². The molecule has 1 aromatic carbocycles. The normalized spacial score (nSPS) is 25.5. The van der Waals surface area contributed by atoms with Crippen LogP contribution in [0.5, 0.6) is 0 Å². The van der Waals surface area contributed by atoms with Crippen LogP contribution >= 0.6 is 0 Å². The van der Waals surface area contributed by atoms with Crippen LogP contribution < -0.4 is 5.32 Å². The Hall–Kier alpha value is -2.37. The molecule has 0 saturated carbocycles. The number of amides is 1. The number of hydrogen-bond acceptors (Lipinski definition) is 5. The molecule has 2 aliphatic heterocycles. The van der Waals surface area contributed by atoms with Crippen LogP contribution in [-0.2, 0) is 14.4 Å². The average molecular weight is 245 g/mol. The van der Waals surface area contributed by atoms with Gasteiger partial charge in [0, 0.05) is 5.56 Å². The standard InChI is InChI=1S/C12H11N3O3/c1-17-12-10(16)14-11-9(13-12)8(15-18-11)7-5-3-2-4-6-7/h2-6,9,11H,1H3,(H,14,16). The van der Waals surface area contributed by atoms with Crippen LogP contribution in [-0.4, -0.2) is 36.9 Å². The molecule has 1 N–H and O–H groups in total. The van der Waals surface area contributed by atoms with E-state index in [0.717, 1.165) is 5.56 Å². The molecule has 0 fully saturated rings. The van der Waals surface area contributed by atoms with Crippen molar-refractivity contribution in [3.8, 4) is 0 Å². The largest absolute Gasteiger partial charge is 0.477 e. The summed E-state index contributed by atoms with van der Waals surface area (Å²) in [5.74, 6) is -0.339. The third kappa shape index (κ3) is 1.62. The summed E-state index contributed by atoms with van der Waals surface area (Å²) in [6.07, 6.45) is -0.549. The molecule has 0 aliphatic carbocycles. The lowest BCUT2D eigenvalue weighted by atomic mass is 10.0. The van der Waals surface area contributed by atoms with E-state index in [9.17, 15) is 4.79 Å². The van der Waals surface area contributed by atoms with Gasteiger partial charge in [0.05, 0.1) is 7.11 Å². The highest BCUT2D eigenvalue weighted by Crippen LogP contribution is 2.21. The highest BCUT2D eigenvalue weighted by atomic mass is 16.7. The minimum atomic E-state index is -0.549. The van der Waals surface area contributed by atoms with Crippen molar-refractivity contribution < 1.29 is 14.4 Å². The first-order valence-electron chi connectivity index (χ1n) is 5.51. The lowest BCUT2D eigenvalue weighted by Gasteiger charge is -2.22. The summed E-state index contributed by atoms with van der Waals surface area (Å²) in [7, 11) is 1.41. The number of nitrogens with zero attached hydrogens (tertiary/aromatic N) is 2. The van der Waals surface area contributed by atoms with E-state index in [1.54, 1.807) is 0 Å². The second kappa shape index (κ2) is 4.14. The maximum absolute atomic E-state index is 11.5. The quantitative estimate of drug-likeness (QED) is 0.773. The fraction of sp³-hybridized carbons (Fsp3) is 0.250. The van der Waals surface area contributed by atoms with Crippen LogP contribution in [0.1, 0.15) is 5.56 Å². The van der Waals surface area contributed by atoms with Crippen molar-refractivity contribution in [2.24, 2.45) is 10.1 Å². The summed E-state index contributed by atoms with van der Waals surface area (Å²) >= 11 is 0. The summed E-state index contributed by atoms with van der Waals surface area (Å²) in [4.78, 5) is 20.9. The van der Waals surface area contributed by atoms with Crippen LogP contribution in [0, 0.1) is 0 Å². The minimum absolute atomic E-state index is 0.0466. The molecule has 6 nitrogen and oxygen atoms in total. The molecule has 2 atom stereocenters. The third-order valence-corrected chi connectivity index (χ3v) is 2.82. The van der Waals surface area contributed by atoms with Gasteiger partial charge in [-0.3, -0.25) is 4.79 Å². The molecule has 0 radical (unpaired) electrons. The first-order valence-corrected chi connectivity index (χ1v) is 5.51. The third-order valence-electron chi connectivity index (χ3n) is 2.82. The van der Waals surface area contributed by atoms with E-state index >= 15 is 0 Å². The molecule has 0 spiro atoms. The minimum Gasteiger partial charge on any atom is -0.477 e. The van der Waals surface area contributed by atoms with Gasteiger partial charge in [0.2, 0.25) is 6.23 Å². The van der Waals surface area contributed by atoms with Crippen molar-refractivity contribution >= 4 is 17.5 Å². The number of carbonyl (C=O) groups excluding carboxylic acids is 1. The maximum Gasteiger partial charge on any atom is 0.309 e. The molecule has 1 aromatic rings. The zero-order valence-corrected chi connectivity index (χ0v) is 9.66. The second-order valence-electron chi connectivity index (χ2n) is 3.93. The smallest absolute Gasteiger partial charge is 0.309 e. The number of fused-ring (bicyclic) bond motifs is 1. The van der Waals surface area contributed by atoms with Crippen molar-refractivity contribution in [1.82, 2.24) is 5.32 Å². The number of benzene rings is 1. The van der Waals surface area contributed by atoms with E-state index in [-0.39, 0.29) is 17.8 Å². The molecule has 2 aliphatic rings. The second-order valence-corrected chi connectivity index (χ2v) is 3.93. The Balaban J connectivity index is 1.96. The zero-order valence-electron chi connectivity index (χ0n) is 9.66. The first kappa shape index (κ1) is 10.8. The molecule has 3 rings (SSSR count). The molecule has 1 amide bonds. The Kier molecular flexibility index (Phi) is 2.47. The van der Waals surface area contributed by atoms with Crippen LogP contribution in [0.4, 0.5) is 0 Å². The number of ether oxygens (including phenoxy) is 1. The lowest BCUT2D eigenvalue weighted by molar-refractivity contribution is -0.120. The van der Waals surface area contributed by atoms with Gasteiger partial charge in [-0.05, 0) is 0 Å². The van der Waals surface area contributed by atoms with Crippen LogP contribution in [0.3, 0.4) is 0 Å².